The summed E-state index contributed by atoms with van der Waals surface area (Å²) >= 11 is 9.33. The number of benzene rings is 2. The molecule has 0 aliphatic heterocycles. The monoisotopic (exact) mass is 363 g/mol. The number of rotatable bonds is 2. The van der Waals surface area contributed by atoms with Crippen LogP contribution in [0, 0.1) is 17.5 Å². The maximum atomic E-state index is 13.9. The Bertz CT molecular complexity index is 674. The van der Waals surface area contributed by atoms with Crippen molar-refractivity contribution in [1.29, 1.82) is 0 Å². The molecule has 0 fully saturated rings. The highest BCUT2D eigenvalue weighted by Gasteiger charge is 2.31. The van der Waals surface area contributed by atoms with Gasteiger partial charge in [0.2, 0.25) is 0 Å². The fraction of sp³-hybridized carbons (Fsp3) is 0.143. The molecule has 0 spiro atoms. The Balaban J connectivity index is 2.63. The Morgan fingerprint density at radius 1 is 1.05 bits per heavy atom. The van der Waals surface area contributed by atoms with E-state index >= 15 is 0 Å². The zero-order valence-corrected chi connectivity index (χ0v) is 12.7. The van der Waals surface area contributed by atoms with Gasteiger partial charge in [-0.1, -0.05) is 39.7 Å². The van der Waals surface area contributed by atoms with E-state index in [2.05, 4.69) is 15.9 Å². The van der Waals surface area contributed by atoms with E-state index in [1.54, 1.807) is 18.2 Å². The van der Waals surface area contributed by atoms with Gasteiger partial charge >= 0.3 is 0 Å². The van der Waals surface area contributed by atoms with Gasteiger partial charge in [0.15, 0.2) is 17.5 Å². The molecule has 2 rings (SSSR count). The average molecular weight is 365 g/mol. The first-order chi connectivity index (χ1) is 9.25. The highest BCUT2D eigenvalue weighted by atomic mass is 79.9. The second-order valence-corrected chi connectivity index (χ2v) is 5.87. The van der Waals surface area contributed by atoms with E-state index in [4.69, 9.17) is 17.3 Å². The summed E-state index contributed by atoms with van der Waals surface area (Å²) in [4.78, 5) is 0. The summed E-state index contributed by atoms with van der Waals surface area (Å²) in [6.07, 6.45) is 0. The van der Waals surface area contributed by atoms with Crippen LogP contribution in [0.3, 0.4) is 0 Å². The van der Waals surface area contributed by atoms with E-state index in [1.807, 2.05) is 0 Å². The maximum absolute atomic E-state index is 13.9. The van der Waals surface area contributed by atoms with Gasteiger partial charge in [0, 0.05) is 15.1 Å². The predicted molar refractivity (Wildman–Crippen MR) is 76.1 cm³/mol. The molecule has 1 nitrogen and oxygen atoms in total. The molecule has 0 saturated carbocycles. The Morgan fingerprint density at radius 2 is 1.65 bits per heavy atom. The third kappa shape index (κ3) is 2.57. The number of halogens is 5. The summed E-state index contributed by atoms with van der Waals surface area (Å²) in [5.41, 5.74) is 4.95. The van der Waals surface area contributed by atoms with Crippen molar-refractivity contribution in [3.05, 3.63) is 68.4 Å². The lowest BCUT2D eigenvalue weighted by molar-refractivity contribution is 0.425. The van der Waals surface area contributed by atoms with Gasteiger partial charge < -0.3 is 5.73 Å². The van der Waals surface area contributed by atoms with Crippen LogP contribution in [0.15, 0.2) is 34.8 Å². The maximum Gasteiger partial charge on any atom is 0.194 e. The first-order valence-corrected chi connectivity index (χ1v) is 6.80. The largest absolute Gasteiger partial charge is 0.318 e. The van der Waals surface area contributed by atoms with E-state index in [0.717, 1.165) is 16.6 Å². The minimum atomic E-state index is -1.55. The molecule has 0 aliphatic carbocycles. The molecule has 6 heteroatoms. The molecule has 0 heterocycles. The van der Waals surface area contributed by atoms with Crippen LogP contribution in [0.4, 0.5) is 13.2 Å². The predicted octanol–water partition coefficient (Wildman–Crippen LogP) is 4.74. The van der Waals surface area contributed by atoms with Crippen molar-refractivity contribution in [2.75, 3.05) is 0 Å². The second kappa shape index (κ2) is 5.39. The summed E-state index contributed by atoms with van der Waals surface area (Å²) in [7, 11) is 0. The van der Waals surface area contributed by atoms with Gasteiger partial charge in [-0.2, -0.15) is 0 Å². The highest BCUT2D eigenvalue weighted by Crippen LogP contribution is 2.35. The standard InChI is InChI=1S/C14H10BrClF3N/c1-14(20,8-3-2-7(15)6-10(8)16)9-4-5-11(17)13(19)12(9)18/h2-6H,20H2,1H3. The molecular weight excluding hydrogens is 355 g/mol. The van der Waals surface area contributed by atoms with Crippen LogP contribution in [0.5, 0.6) is 0 Å². The first kappa shape index (κ1) is 15.4. The zero-order valence-electron chi connectivity index (χ0n) is 10.4. The van der Waals surface area contributed by atoms with Crippen LogP contribution < -0.4 is 5.73 Å². The average Bonchev–Trinajstić information content (AvgIpc) is 2.35. The van der Waals surface area contributed by atoms with Crippen LogP contribution in [0.2, 0.25) is 5.02 Å². The van der Waals surface area contributed by atoms with Gasteiger partial charge in [-0.15, -0.1) is 0 Å². The van der Waals surface area contributed by atoms with E-state index in [0.29, 0.717) is 10.6 Å². The van der Waals surface area contributed by atoms with Crippen molar-refractivity contribution in [1.82, 2.24) is 0 Å². The summed E-state index contributed by atoms with van der Waals surface area (Å²) in [5, 5.41) is 0.300. The Labute approximate surface area is 127 Å². The van der Waals surface area contributed by atoms with Crippen LogP contribution in [0.25, 0.3) is 0 Å². The normalized spacial score (nSPS) is 14.2. The minimum Gasteiger partial charge on any atom is -0.318 e. The summed E-state index contributed by atoms with van der Waals surface area (Å²) in [5.74, 6) is -4.12. The lowest BCUT2D eigenvalue weighted by Gasteiger charge is -2.27. The second-order valence-electron chi connectivity index (χ2n) is 4.55. The molecule has 2 N–H and O–H groups in total. The van der Waals surface area contributed by atoms with Crippen molar-refractivity contribution in [3.63, 3.8) is 0 Å². The van der Waals surface area contributed by atoms with Gasteiger partial charge in [0.25, 0.3) is 0 Å². The topological polar surface area (TPSA) is 26.0 Å². The SMILES string of the molecule is CC(N)(c1ccc(Br)cc1Cl)c1ccc(F)c(F)c1F. The lowest BCUT2D eigenvalue weighted by atomic mass is 9.85. The molecule has 1 atom stereocenters. The molecule has 1 unspecified atom stereocenters. The van der Waals surface area contributed by atoms with Crippen molar-refractivity contribution < 1.29 is 13.2 Å². The molecule has 0 saturated heterocycles. The number of nitrogens with two attached hydrogens (primary N) is 1. The number of hydrogen-bond acceptors (Lipinski definition) is 1. The van der Waals surface area contributed by atoms with E-state index in [-0.39, 0.29) is 5.56 Å². The quantitative estimate of drug-likeness (QED) is 0.765. The minimum absolute atomic E-state index is 0.166. The molecule has 0 aromatic heterocycles. The molecule has 2 aromatic carbocycles. The van der Waals surface area contributed by atoms with E-state index in [1.165, 1.54) is 6.92 Å². The molecular formula is C14H10BrClF3N. The van der Waals surface area contributed by atoms with Crippen LogP contribution in [-0.4, -0.2) is 0 Å². The third-order valence-electron chi connectivity index (χ3n) is 3.09. The van der Waals surface area contributed by atoms with Crippen molar-refractivity contribution >= 4 is 27.5 Å². The molecule has 0 bridgehead atoms. The van der Waals surface area contributed by atoms with Gasteiger partial charge in [0.1, 0.15) is 0 Å². The number of hydrogen-bond donors (Lipinski definition) is 1. The van der Waals surface area contributed by atoms with Crippen molar-refractivity contribution in [3.8, 4) is 0 Å². The van der Waals surface area contributed by atoms with Crippen molar-refractivity contribution in [2.45, 2.75) is 12.5 Å². The van der Waals surface area contributed by atoms with E-state index in [9.17, 15) is 13.2 Å². The Morgan fingerprint density at radius 3 is 2.25 bits per heavy atom. The van der Waals surface area contributed by atoms with Gasteiger partial charge in [-0.05, 0) is 30.7 Å². The van der Waals surface area contributed by atoms with Gasteiger partial charge in [0.05, 0.1) is 5.54 Å². The van der Waals surface area contributed by atoms with Crippen LogP contribution in [0.1, 0.15) is 18.1 Å². The van der Waals surface area contributed by atoms with Crippen LogP contribution in [-0.2, 0) is 5.54 Å². The molecule has 0 amide bonds. The molecule has 2 aromatic rings. The summed E-state index contributed by atoms with van der Waals surface area (Å²) in [6.45, 7) is 1.48. The van der Waals surface area contributed by atoms with Crippen molar-refractivity contribution in [2.24, 2.45) is 5.73 Å². The molecule has 106 valence electrons. The first-order valence-electron chi connectivity index (χ1n) is 5.63. The molecule has 20 heavy (non-hydrogen) atoms. The zero-order chi connectivity index (χ0) is 15.1. The van der Waals surface area contributed by atoms with E-state index < -0.39 is 23.0 Å². The highest BCUT2D eigenvalue weighted by molar-refractivity contribution is 9.10. The molecule has 0 aliphatic rings. The third-order valence-corrected chi connectivity index (χ3v) is 3.89. The summed E-state index contributed by atoms with van der Waals surface area (Å²) < 4.78 is 41.0. The molecule has 0 radical (unpaired) electrons. The van der Waals surface area contributed by atoms with Gasteiger partial charge in [-0.3, -0.25) is 0 Å². The lowest BCUT2D eigenvalue weighted by Crippen LogP contribution is -2.36. The summed E-state index contributed by atoms with van der Waals surface area (Å²) in [6, 6.07) is 6.84. The fourth-order valence-electron chi connectivity index (χ4n) is 1.98. The van der Waals surface area contributed by atoms with Gasteiger partial charge in [-0.25, -0.2) is 13.2 Å². The fourth-order valence-corrected chi connectivity index (χ4v) is 2.85. The Hall–Kier alpha value is -1.04. The Kier molecular flexibility index (Phi) is 4.14. The van der Waals surface area contributed by atoms with Crippen LogP contribution >= 0.6 is 27.5 Å². The smallest absolute Gasteiger partial charge is 0.194 e.